The second-order valence-electron chi connectivity index (χ2n) is 5.98. The Balaban J connectivity index is 1.48. The van der Waals surface area contributed by atoms with Gasteiger partial charge >= 0.3 is 0 Å². The lowest BCUT2D eigenvalue weighted by Gasteiger charge is -2.28. The third kappa shape index (κ3) is 3.85. The van der Waals surface area contributed by atoms with Crippen LogP contribution in [0, 0.1) is 6.57 Å². The number of hydrogen-bond acceptors (Lipinski definition) is 2. The molecule has 0 saturated carbocycles. The summed E-state index contributed by atoms with van der Waals surface area (Å²) in [6, 6.07) is 15.5. The van der Waals surface area contributed by atoms with Gasteiger partial charge in [-0.25, -0.2) is 4.85 Å². The number of benzene rings is 2. The summed E-state index contributed by atoms with van der Waals surface area (Å²) in [5.74, 6) is 0.166. The first-order valence-corrected chi connectivity index (χ1v) is 8.06. The van der Waals surface area contributed by atoms with E-state index in [0.29, 0.717) is 17.7 Å². The summed E-state index contributed by atoms with van der Waals surface area (Å²) in [7, 11) is 0. The molecular weight excluding hydrogens is 284 g/mol. The molecule has 0 aromatic heterocycles. The van der Waals surface area contributed by atoms with Gasteiger partial charge in [0.05, 0.1) is 6.57 Å². The smallest absolute Gasteiger partial charge is 0.187 e. The minimum absolute atomic E-state index is 0.166. The number of rotatable bonds is 5. The molecule has 0 aliphatic carbocycles. The Kier molecular flexibility index (Phi) is 4.85. The summed E-state index contributed by atoms with van der Waals surface area (Å²) >= 11 is 0. The second kappa shape index (κ2) is 7.21. The fraction of sp³-hybridized carbons (Fsp3) is 0.300. The van der Waals surface area contributed by atoms with Crippen LogP contribution in [0.1, 0.15) is 34.3 Å². The number of nitrogens with zero attached hydrogens (tertiary/aromatic N) is 2. The lowest BCUT2D eigenvalue weighted by molar-refractivity contribution is 0.0973. The first-order valence-electron chi connectivity index (χ1n) is 8.06. The third-order valence-corrected chi connectivity index (χ3v) is 4.41. The van der Waals surface area contributed by atoms with E-state index in [-0.39, 0.29) is 5.78 Å². The number of hydrogen-bond donors (Lipinski definition) is 0. The number of carbonyl (C=O) groups excluding carboxylic acids is 1. The zero-order valence-corrected chi connectivity index (χ0v) is 13.2. The highest BCUT2D eigenvalue weighted by Crippen LogP contribution is 2.19. The van der Waals surface area contributed by atoms with Gasteiger partial charge in [-0.05, 0) is 30.5 Å². The molecular formula is C20H20N2O. The van der Waals surface area contributed by atoms with Crippen molar-refractivity contribution in [2.24, 2.45) is 0 Å². The van der Waals surface area contributed by atoms with Crippen LogP contribution in [-0.4, -0.2) is 23.8 Å². The molecule has 0 spiro atoms. The third-order valence-electron chi connectivity index (χ3n) is 4.41. The fourth-order valence-corrected chi connectivity index (χ4v) is 3.07. The lowest BCUT2D eigenvalue weighted by Crippen LogP contribution is -2.31. The normalized spacial score (nSPS) is 14.0. The van der Waals surface area contributed by atoms with Crippen LogP contribution < -0.4 is 0 Å². The Morgan fingerprint density at radius 2 is 1.83 bits per heavy atom. The van der Waals surface area contributed by atoms with Gasteiger partial charge in [0, 0.05) is 25.1 Å². The van der Waals surface area contributed by atoms with Crippen molar-refractivity contribution in [3.63, 3.8) is 0 Å². The maximum absolute atomic E-state index is 12.2. The van der Waals surface area contributed by atoms with Crippen LogP contribution in [-0.2, 0) is 13.0 Å². The first-order chi connectivity index (χ1) is 11.3. The van der Waals surface area contributed by atoms with Crippen LogP contribution in [0.3, 0.4) is 0 Å². The second-order valence-corrected chi connectivity index (χ2v) is 5.98. The Morgan fingerprint density at radius 3 is 2.57 bits per heavy atom. The summed E-state index contributed by atoms with van der Waals surface area (Å²) < 4.78 is 0. The van der Waals surface area contributed by atoms with Crippen LogP contribution in [0.15, 0.2) is 48.5 Å². The molecule has 3 nitrogen and oxygen atoms in total. The summed E-state index contributed by atoms with van der Waals surface area (Å²) in [6.07, 6.45) is 2.54. The largest absolute Gasteiger partial charge is 0.299 e. The molecule has 0 radical (unpaired) electrons. The average Bonchev–Trinajstić information content (AvgIpc) is 2.61. The molecule has 2 aromatic carbocycles. The molecule has 0 amide bonds. The van der Waals surface area contributed by atoms with Gasteiger partial charge < -0.3 is 0 Å². The summed E-state index contributed by atoms with van der Waals surface area (Å²) in [5.41, 5.74) is 4.16. The Hall–Kier alpha value is -2.44. The van der Waals surface area contributed by atoms with E-state index in [1.54, 1.807) is 24.3 Å². The molecule has 0 N–H and O–H groups in total. The van der Waals surface area contributed by atoms with E-state index in [9.17, 15) is 4.79 Å². The Morgan fingerprint density at radius 1 is 1.09 bits per heavy atom. The van der Waals surface area contributed by atoms with E-state index in [2.05, 4.69) is 34.0 Å². The monoisotopic (exact) mass is 304 g/mol. The van der Waals surface area contributed by atoms with Crippen LogP contribution >= 0.6 is 0 Å². The SMILES string of the molecule is [C-]#[N+]c1ccc(C(=O)CCCN2CCc3ccccc3C2)cc1. The molecule has 3 heteroatoms. The molecule has 0 saturated heterocycles. The van der Waals surface area contributed by atoms with Crippen molar-refractivity contribution in [3.05, 3.63) is 76.6 Å². The number of fused-ring (bicyclic) bond motifs is 1. The summed E-state index contributed by atoms with van der Waals surface area (Å²) in [5, 5.41) is 0. The van der Waals surface area contributed by atoms with Crippen molar-refractivity contribution < 1.29 is 4.79 Å². The van der Waals surface area contributed by atoms with Crippen molar-refractivity contribution >= 4 is 11.5 Å². The number of carbonyl (C=O) groups is 1. The lowest BCUT2D eigenvalue weighted by atomic mass is 9.99. The quantitative estimate of drug-likeness (QED) is 0.609. The molecule has 1 heterocycles. The molecule has 0 fully saturated rings. The number of Topliss-reactive ketones (excluding diaryl/α,β-unsaturated/α-hetero) is 1. The minimum atomic E-state index is 0.166. The molecule has 0 unspecified atom stereocenters. The van der Waals surface area contributed by atoms with Crippen molar-refractivity contribution in [2.75, 3.05) is 13.1 Å². The predicted octanol–water partition coefficient (Wildman–Crippen LogP) is 4.26. The minimum Gasteiger partial charge on any atom is -0.299 e. The van der Waals surface area contributed by atoms with Gasteiger partial charge in [-0.15, -0.1) is 0 Å². The molecule has 3 rings (SSSR count). The summed E-state index contributed by atoms with van der Waals surface area (Å²) in [4.78, 5) is 18.0. The van der Waals surface area contributed by atoms with Crippen molar-refractivity contribution in [1.82, 2.24) is 4.90 Å². The van der Waals surface area contributed by atoms with Crippen LogP contribution in [0.25, 0.3) is 4.85 Å². The van der Waals surface area contributed by atoms with Gasteiger partial charge in [0.1, 0.15) is 0 Å². The van der Waals surface area contributed by atoms with Crippen molar-refractivity contribution in [2.45, 2.75) is 25.8 Å². The van der Waals surface area contributed by atoms with Crippen molar-refractivity contribution in [3.8, 4) is 0 Å². The van der Waals surface area contributed by atoms with Crippen LogP contribution in [0.5, 0.6) is 0 Å². The van der Waals surface area contributed by atoms with E-state index < -0.39 is 0 Å². The van der Waals surface area contributed by atoms with E-state index in [1.165, 1.54) is 11.1 Å². The highest BCUT2D eigenvalue weighted by molar-refractivity contribution is 5.96. The maximum Gasteiger partial charge on any atom is 0.187 e. The topological polar surface area (TPSA) is 24.7 Å². The first kappa shape index (κ1) is 15.5. The van der Waals surface area contributed by atoms with Gasteiger partial charge in [-0.3, -0.25) is 9.69 Å². The van der Waals surface area contributed by atoms with Gasteiger partial charge in [0.2, 0.25) is 0 Å². The molecule has 116 valence electrons. The molecule has 1 aliphatic heterocycles. The predicted molar refractivity (Wildman–Crippen MR) is 91.7 cm³/mol. The Bertz CT molecular complexity index is 728. The van der Waals surface area contributed by atoms with Crippen molar-refractivity contribution in [1.29, 1.82) is 0 Å². The highest BCUT2D eigenvalue weighted by Gasteiger charge is 2.15. The maximum atomic E-state index is 12.2. The average molecular weight is 304 g/mol. The van der Waals surface area contributed by atoms with E-state index >= 15 is 0 Å². The zero-order chi connectivity index (χ0) is 16.1. The number of ketones is 1. The van der Waals surface area contributed by atoms with Gasteiger partial charge in [-0.1, -0.05) is 48.5 Å². The van der Waals surface area contributed by atoms with E-state index in [4.69, 9.17) is 6.57 Å². The molecule has 0 bridgehead atoms. The van der Waals surface area contributed by atoms with E-state index in [0.717, 1.165) is 32.5 Å². The molecule has 23 heavy (non-hydrogen) atoms. The molecule has 2 aromatic rings. The zero-order valence-electron chi connectivity index (χ0n) is 13.2. The standard InChI is InChI=1S/C20H20N2O/c1-21-19-10-8-17(9-11-19)20(23)7-4-13-22-14-12-16-5-2-3-6-18(16)15-22/h2-3,5-6,8-11H,4,7,12-15H2. The van der Waals surface area contributed by atoms with E-state index in [1.807, 2.05) is 0 Å². The van der Waals surface area contributed by atoms with Crippen LogP contribution in [0.4, 0.5) is 5.69 Å². The molecule has 0 atom stereocenters. The fourth-order valence-electron chi connectivity index (χ4n) is 3.07. The Labute approximate surface area is 137 Å². The highest BCUT2D eigenvalue weighted by atomic mass is 16.1. The van der Waals surface area contributed by atoms with Gasteiger partial charge in [-0.2, -0.15) is 0 Å². The van der Waals surface area contributed by atoms with Gasteiger partial charge in [0.15, 0.2) is 11.5 Å². The molecule has 1 aliphatic rings. The van der Waals surface area contributed by atoms with Gasteiger partial charge in [0.25, 0.3) is 0 Å². The summed E-state index contributed by atoms with van der Waals surface area (Å²) in [6.45, 7) is 9.96. The van der Waals surface area contributed by atoms with Crippen LogP contribution in [0.2, 0.25) is 0 Å².